The maximum Gasteiger partial charge on any atom is 0.277 e. The monoisotopic (exact) mass is 288 g/mol. The van der Waals surface area contributed by atoms with Crippen molar-refractivity contribution >= 4 is 27.4 Å². The maximum absolute atomic E-state index is 11.2. The second-order valence-corrected chi connectivity index (χ2v) is 5.25. The van der Waals surface area contributed by atoms with Gasteiger partial charge in [-0.1, -0.05) is 24.3 Å². The summed E-state index contributed by atoms with van der Waals surface area (Å²) in [5.74, 6) is 0. The average molecular weight is 288 g/mol. The highest BCUT2D eigenvalue weighted by Gasteiger charge is 2.14. The van der Waals surface area contributed by atoms with E-state index in [-0.39, 0.29) is 10.6 Å². The van der Waals surface area contributed by atoms with Gasteiger partial charge in [0.15, 0.2) is 0 Å². The molecule has 0 aliphatic heterocycles. The Hall–Kier alpha value is -3.14. The molecule has 0 saturated heterocycles. The van der Waals surface area contributed by atoms with Crippen molar-refractivity contribution in [1.29, 1.82) is 0 Å². The van der Waals surface area contributed by atoms with Crippen LogP contribution in [0, 0.1) is 10.1 Å². The molecule has 1 heterocycles. The highest BCUT2D eigenvalue weighted by Crippen LogP contribution is 2.32. The van der Waals surface area contributed by atoms with E-state index in [4.69, 9.17) is 0 Å². The number of aromatic amines is 1. The third-order valence-corrected chi connectivity index (χ3v) is 3.92. The van der Waals surface area contributed by atoms with Crippen molar-refractivity contribution in [1.82, 2.24) is 4.98 Å². The van der Waals surface area contributed by atoms with Crippen molar-refractivity contribution in [3.8, 4) is 11.1 Å². The van der Waals surface area contributed by atoms with Gasteiger partial charge >= 0.3 is 0 Å². The molecule has 3 aromatic carbocycles. The van der Waals surface area contributed by atoms with Crippen LogP contribution in [0.4, 0.5) is 5.69 Å². The fourth-order valence-electron chi connectivity index (χ4n) is 2.84. The molecule has 0 saturated carbocycles. The van der Waals surface area contributed by atoms with Gasteiger partial charge < -0.3 is 4.98 Å². The second kappa shape index (κ2) is 4.70. The molecular formula is C18H12N2O2. The number of para-hydroxylation sites is 1. The molecule has 4 rings (SSSR count). The lowest BCUT2D eigenvalue weighted by molar-refractivity contribution is -0.384. The normalized spacial score (nSPS) is 11.1. The number of hydrogen-bond acceptors (Lipinski definition) is 2. The van der Waals surface area contributed by atoms with Gasteiger partial charge in [-0.15, -0.1) is 0 Å². The number of hydrogen-bond donors (Lipinski definition) is 1. The number of benzene rings is 3. The first-order valence-corrected chi connectivity index (χ1v) is 6.97. The summed E-state index contributed by atoms with van der Waals surface area (Å²) in [5, 5.41) is 14.5. The van der Waals surface area contributed by atoms with Crippen LogP contribution in [0.15, 0.2) is 66.9 Å². The van der Waals surface area contributed by atoms with E-state index in [9.17, 15) is 10.1 Å². The summed E-state index contributed by atoms with van der Waals surface area (Å²) in [6.45, 7) is 0. The Bertz CT molecular complexity index is 1020. The van der Waals surface area contributed by atoms with Gasteiger partial charge in [0.2, 0.25) is 0 Å². The second-order valence-electron chi connectivity index (χ2n) is 5.25. The number of nitro groups is 1. The molecule has 0 fully saturated rings. The fourth-order valence-corrected chi connectivity index (χ4v) is 2.84. The van der Waals surface area contributed by atoms with Crippen LogP contribution < -0.4 is 0 Å². The molecule has 4 nitrogen and oxygen atoms in total. The van der Waals surface area contributed by atoms with E-state index in [1.165, 1.54) is 6.07 Å². The Morgan fingerprint density at radius 1 is 0.864 bits per heavy atom. The Labute approximate surface area is 126 Å². The van der Waals surface area contributed by atoms with E-state index in [0.717, 1.165) is 27.2 Å². The van der Waals surface area contributed by atoms with E-state index in [1.807, 2.05) is 36.5 Å². The quantitative estimate of drug-likeness (QED) is 0.421. The summed E-state index contributed by atoms with van der Waals surface area (Å²) >= 11 is 0. The molecule has 1 aromatic heterocycles. The number of H-pyrrole nitrogens is 1. The van der Waals surface area contributed by atoms with E-state index in [1.54, 1.807) is 12.1 Å². The van der Waals surface area contributed by atoms with Crippen molar-refractivity contribution in [2.45, 2.75) is 0 Å². The molecule has 0 spiro atoms. The summed E-state index contributed by atoms with van der Waals surface area (Å²) in [6, 6.07) is 19.0. The lowest BCUT2D eigenvalue weighted by Gasteiger charge is -2.05. The van der Waals surface area contributed by atoms with Gasteiger partial charge in [-0.3, -0.25) is 10.1 Å². The van der Waals surface area contributed by atoms with Gasteiger partial charge in [0, 0.05) is 17.8 Å². The first-order valence-electron chi connectivity index (χ1n) is 6.97. The van der Waals surface area contributed by atoms with Gasteiger partial charge in [-0.05, 0) is 52.1 Å². The number of nitrogens with zero attached hydrogens (tertiary/aromatic N) is 1. The van der Waals surface area contributed by atoms with Crippen LogP contribution in [-0.4, -0.2) is 9.91 Å². The molecular weight excluding hydrogens is 276 g/mol. The molecule has 106 valence electrons. The standard InChI is InChI=1S/C18H12N2O2/c21-20(22)18-4-2-1-3-16(18)13-6-5-12-9-14-7-8-19-17(14)11-15(12)10-13/h1-11,19H. The number of nitro benzene ring substituents is 1. The van der Waals surface area contributed by atoms with Crippen molar-refractivity contribution < 1.29 is 4.92 Å². The van der Waals surface area contributed by atoms with Crippen LogP contribution in [-0.2, 0) is 0 Å². The molecule has 22 heavy (non-hydrogen) atoms. The Balaban J connectivity index is 1.96. The van der Waals surface area contributed by atoms with E-state index in [0.29, 0.717) is 5.56 Å². The highest BCUT2D eigenvalue weighted by atomic mass is 16.6. The molecule has 0 aliphatic carbocycles. The molecule has 1 N–H and O–H groups in total. The maximum atomic E-state index is 11.2. The van der Waals surface area contributed by atoms with Crippen LogP contribution >= 0.6 is 0 Å². The summed E-state index contributed by atoms with van der Waals surface area (Å²) in [4.78, 5) is 14.1. The lowest BCUT2D eigenvalue weighted by Crippen LogP contribution is -1.91. The summed E-state index contributed by atoms with van der Waals surface area (Å²) in [6.07, 6.45) is 1.91. The van der Waals surface area contributed by atoms with Crippen LogP contribution in [0.1, 0.15) is 0 Å². The van der Waals surface area contributed by atoms with Crippen molar-refractivity contribution in [2.75, 3.05) is 0 Å². The first kappa shape index (κ1) is 12.6. The minimum atomic E-state index is -0.340. The molecule has 0 amide bonds. The third-order valence-electron chi connectivity index (χ3n) is 3.92. The van der Waals surface area contributed by atoms with Gasteiger partial charge in [-0.2, -0.15) is 0 Å². The van der Waals surface area contributed by atoms with Gasteiger partial charge in [-0.25, -0.2) is 0 Å². The minimum absolute atomic E-state index is 0.128. The summed E-state index contributed by atoms with van der Waals surface area (Å²) < 4.78 is 0. The van der Waals surface area contributed by atoms with Crippen molar-refractivity contribution in [2.24, 2.45) is 0 Å². The molecule has 4 heteroatoms. The largest absolute Gasteiger partial charge is 0.361 e. The molecule has 0 unspecified atom stereocenters. The van der Waals surface area contributed by atoms with E-state index < -0.39 is 0 Å². The van der Waals surface area contributed by atoms with E-state index in [2.05, 4.69) is 17.1 Å². The number of fused-ring (bicyclic) bond motifs is 2. The van der Waals surface area contributed by atoms with Crippen molar-refractivity contribution in [3.05, 3.63) is 77.0 Å². The van der Waals surface area contributed by atoms with Gasteiger partial charge in [0.25, 0.3) is 5.69 Å². The zero-order valence-corrected chi connectivity index (χ0v) is 11.6. The lowest BCUT2D eigenvalue weighted by atomic mass is 9.99. The molecule has 0 radical (unpaired) electrons. The Morgan fingerprint density at radius 2 is 1.73 bits per heavy atom. The zero-order chi connectivity index (χ0) is 15.1. The Kier molecular flexibility index (Phi) is 2.69. The van der Waals surface area contributed by atoms with E-state index >= 15 is 0 Å². The van der Waals surface area contributed by atoms with Crippen molar-refractivity contribution in [3.63, 3.8) is 0 Å². The summed E-state index contributed by atoms with van der Waals surface area (Å²) in [7, 11) is 0. The highest BCUT2D eigenvalue weighted by molar-refractivity contribution is 5.98. The molecule has 4 aromatic rings. The van der Waals surface area contributed by atoms with Gasteiger partial charge in [0.05, 0.1) is 10.5 Å². The van der Waals surface area contributed by atoms with Crippen LogP contribution in [0.2, 0.25) is 0 Å². The smallest absolute Gasteiger partial charge is 0.277 e. The average Bonchev–Trinajstić information content (AvgIpc) is 2.99. The minimum Gasteiger partial charge on any atom is -0.361 e. The fraction of sp³-hybridized carbons (Fsp3) is 0. The van der Waals surface area contributed by atoms with Crippen LogP contribution in [0.3, 0.4) is 0 Å². The third kappa shape index (κ3) is 1.93. The summed E-state index contributed by atoms with van der Waals surface area (Å²) in [5.41, 5.74) is 2.68. The molecule has 0 aliphatic rings. The SMILES string of the molecule is O=[N+]([O-])c1ccccc1-c1ccc2cc3cc[nH]c3cc2c1. The molecule has 0 bridgehead atoms. The van der Waals surface area contributed by atoms with Crippen LogP contribution in [0.25, 0.3) is 32.8 Å². The van der Waals surface area contributed by atoms with Gasteiger partial charge in [0.1, 0.15) is 0 Å². The van der Waals surface area contributed by atoms with Crippen LogP contribution in [0.5, 0.6) is 0 Å². The zero-order valence-electron chi connectivity index (χ0n) is 11.6. The first-order chi connectivity index (χ1) is 10.7. The predicted octanol–water partition coefficient (Wildman–Crippen LogP) is 4.90. The number of aromatic nitrogens is 1. The number of nitrogens with one attached hydrogen (secondary N) is 1. The molecule has 0 atom stereocenters. The number of rotatable bonds is 2. The Morgan fingerprint density at radius 3 is 2.59 bits per heavy atom. The topological polar surface area (TPSA) is 58.9 Å². The predicted molar refractivity (Wildman–Crippen MR) is 87.9 cm³/mol.